The van der Waals surface area contributed by atoms with Crippen LogP contribution in [0, 0.1) is 0 Å². The third-order valence-electron chi connectivity index (χ3n) is 7.80. The van der Waals surface area contributed by atoms with Gasteiger partial charge in [0.1, 0.15) is 21.8 Å². The first-order chi connectivity index (χ1) is 21.1. The molecule has 11 heteroatoms. The van der Waals surface area contributed by atoms with Crippen LogP contribution in [-0.4, -0.2) is 77.6 Å². The maximum absolute atomic E-state index is 12.6. The molecule has 0 saturated heterocycles. The first kappa shape index (κ1) is 35.7. The van der Waals surface area contributed by atoms with Gasteiger partial charge in [-0.25, -0.2) is 8.42 Å². The molecule has 1 aliphatic rings. The summed E-state index contributed by atoms with van der Waals surface area (Å²) in [6.45, 7) is 7.29. The van der Waals surface area contributed by atoms with Crippen LogP contribution in [0.2, 0.25) is 0 Å². The number of methoxy groups -OCH3 is 4. The molecule has 246 valence electrons. The minimum absolute atomic E-state index is 0.110. The molecule has 0 bridgehead atoms. The largest absolute Gasteiger partial charge is 0.744 e. The first-order valence-electron chi connectivity index (χ1n) is 14.7. The lowest BCUT2D eigenvalue weighted by Crippen LogP contribution is -2.53. The lowest BCUT2D eigenvalue weighted by atomic mass is 9.86. The van der Waals surface area contributed by atoms with Crippen LogP contribution in [0.4, 0.5) is 0 Å². The van der Waals surface area contributed by atoms with Crippen LogP contribution < -0.4 is 18.9 Å². The van der Waals surface area contributed by atoms with Gasteiger partial charge >= 0.3 is 5.97 Å². The van der Waals surface area contributed by atoms with E-state index in [9.17, 15) is 17.8 Å². The second-order valence-corrected chi connectivity index (χ2v) is 13.5. The number of hydrogen-bond donors (Lipinski definition) is 0. The SMILES string of the molecule is COc1ccc(C[C@@H]2c3cc(OC)c(OC)cc3CC[N@+]2(C)CCC(=O)OC(C)(C)C)cc1OC.O=S(=O)([O-])c1ccccc1. The molecule has 0 radical (unpaired) electrons. The molecule has 0 aromatic heterocycles. The van der Waals surface area contributed by atoms with Crippen LogP contribution in [0.25, 0.3) is 0 Å². The predicted molar refractivity (Wildman–Crippen MR) is 170 cm³/mol. The fraction of sp³-hybridized carbons (Fsp3) is 0.441. The van der Waals surface area contributed by atoms with Crippen molar-refractivity contribution in [2.75, 3.05) is 48.6 Å². The Labute approximate surface area is 267 Å². The maximum Gasteiger partial charge on any atom is 0.312 e. The third kappa shape index (κ3) is 9.59. The second-order valence-electron chi connectivity index (χ2n) is 12.1. The standard InChI is InChI=1S/C28H40NO6.C6H6O3S/c1-28(2,3)35-27(30)12-14-29(4)13-11-20-17-25(33-7)26(34-8)18-21(20)22(29)15-19-9-10-23(31-5)24(16-19)32-6;7-10(8,9)6-4-2-1-3-5-6/h9-10,16-18,22H,11-15H2,1-8H3;1-5H,(H,7,8,9)/q+1;/p-1/t22-,29-;/m1./s1. The summed E-state index contributed by atoms with van der Waals surface area (Å²) in [4.78, 5) is 12.4. The van der Waals surface area contributed by atoms with Crippen molar-refractivity contribution in [3.63, 3.8) is 0 Å². The van der Waals surface area contributed by atoms with E-state index in [4.69, 9.17) is 23.7 Å². The van der Waals surface area contributed by atoms with Crippen LogP contribution in [0.3, 0.4) is 0 Å². The number of esters is 1. The summed E-state index contributed by atoms with van der Waals surface area (Å²) in [7, 11) is 4.59. The average molecular weight is 644 g/mol. The van der Waals surface area contributed by atoms with Crippen molar-refractivity contribution in [3.05, 3.63) is 77.4 Å². The van der Waals surface area contributed by atoms with Gasteiger partial charge in [0.05, 0.1) is 59.9 Å². The summed E-state index contributed by atoms with van der Waals surface area (Å²) in [5.74, 6) is 2.69. The number of rotatable bonds is 10. The van der Waals surface area contributed by atoms with Crippen LogP contribution in [0.5, 0.6) is 23.0 Å². The highest BCUT2D eigenvalue weighted by Crippen LogP contribution is 2.43. The highest BCUT2D eigenvalue weighted by Gasteiger charge is 2.40. The first-order valence-corrected chi connectivity index (χ1v) is 16.1. The molecule has 3 aromatic carbocycles. The zero-order chi connectivity index (χ0) is 33.4. The van der Waals surface area contributed by atoms with E-state index in [-0.39, 0.29) is 16.9 Å². The summed E-state index contributed by atoms with van der Waals surface area (Å²) in [6.07, 6.45) is 2.02. The molecule has 0 saturated carbocycles. The zero-order valence-corrected chi connectivity index (χ0v) is 28.2. The van der Waals surface area contributed by atoms with Gasteiger partial charge in [0.2, 0.25) is 0 Å². The molecule has 0 fully saturated rings. The number of likely N-dealkylation sites (N-methyl/N-ethyl adjacent to an activating group) is 1. The van der Waals surface area contributed by atoms with E-state index in [2.05, 4.69) is 25.2 Å². The van der Waals surface area contributed by atoms with Crippen molar-refractivity contribution in [1.82, 2.24) is 0 Å². The van der Waals surface area contributed by atoms with Gasteiger partial charge < -0.3 is 32.7 Å². The summed E-state index contributed by atoms with van der Waals surface area (Å²) in [6, 6.07) is 17.5. The lowest BCUT2D eigenvalue weighted by molar-refractivity contribution is -0.940. The molecule has 10 nitrogen and oxygen atoms in total. The topological polar surface area (TPSA) is 120 Å². The van der Waals surface area contributed by atoms with E-state index in [0.29, 0.717) is 30.2 Å². The molecular weight excluding hydrogens is 598 g/mol. The number of nitrogens with zero attached hydrogens (tertiary/aromatic N) is 1. The minimum Gasteiger partial charge on any atom is -0.744 e. The minimum atomic E-state index is -4.25. The smallest absolute Gasteiger partial charge is 0.312 e. The summed E-state index contributed by atoms with van der Waals surface area (Å²) in [5, 5.41) is 0. The number of fused-ring (bicyclic) bond motifs is 1. The number of carbonyl (C=O) groups excluding carboxylic acids is 1. The maximum atomic E-state index is 12.6. The van der Waals surface area contributed by atoms with Gasteiger partial charge in [-0.2, -0.15) is 0 Å². The Morgan fingerprint density at radius 3 is 1.98 bits per heavy atom. The Hall–Kier alpha value is -3.80. The fourth-order valence-electron chi connectivity index (χ4n) is 5.49. The molecule has 0 aliphatic carbocycles. The Balaban J connectivity index is 0.000000468. The quantitative estimate of drug-likeness (QED) is 0.164. The van der Waals surface area contributed by atoms with Gasteiger partial charge in [0.25, 0.3) is 0 Å². The van der Waals surface area contributed by atoms with Crippen molar-refractivity contribution >= 4 is 16.1 Å². The van der Waals surface area contributed by atoms with Crippen molar-refractivity contribution in [2.45, 2.75) is 56.6 Å². The van der Waals surface area contributed by atoms with E-state index in [1.807, 2.05) is 32.9 Å². The van der Waals surface area contributed by atoms with Gasteiger partial charge in [-0.3, -0.25) is 4.79 Å². The van der Waals surface area contributed by atoms with Gasteiger partial charge in [-0.05, 0) is 68.3 Å². The van der Waals surface area contributed by atoms with E-state index in [0.717, 1.165) is 35.2 Å². The summed E-state index contributed by atoms with van der Waals surface area (Å²) < 4.78 is 59.3. The van der Waals surface area contributed by atoms with E-state index in [1.165, 1.54) is 35.4 Å². The Kier molecular flexibility index (Phi) is 11.9. The molecular formula is C34H45NO9S. The van der Waals surface area contributed by atoms with Crippen molar-refractivity contribution in [2.24, 2.45) is 0 Å². The fourth-order valence-corrected chi connectivity index (χ4v) is 5.98. The molecule has 1 heterocycles. The molecule has 0 amide bonds. The molecule has 4 rings (SSSR count). The van der Waals surface area contributed by atoms with Crippen LogP contribution >= 0.6 is 0 Å². The van der Waals surface area contributed by atoms with E-state index < -0.39 is 15.7 Å². The molecule has 0 N–H and O–H groups in total. The number of ether oxygens (including phenoxy) is 5. The summed E-state index contributed by atoms with van der Waals surface area (Å²) >= 11 is 0. The van der Waals surface area contributed by atoms with E-state index >= 15 is 0 Å². The van der Waals surface area contributed by atoms with E-state index in [1.54, 1.807) is 34.5 Å². The van der Waals surface area contributed by atoms with Crippen molar-refractivity contribution < 1.29 is 45.9 Å². The van der Waals surface area contributed by atoms with Gasteiger partial charge in [-0.1, -0.05) is 24.3 Å². The normalized spacial score (nSPS) is 17.7. The Bertz CT molecular complexity index is 1550. The zero-order valence-electron chi connectivity index (χ0n) is 27.4. The molecule has 0 spiro atoms. The molecule has 1 aliphatic heterocycles. The number of quaternary nitrogens is 1. The van der Waals surface area contributed by atoms with Crippen LogP contribution in [0.1, 0.15) is 49.9 Å². The molecule has 3 aromatic rings. The summed E-state index contributed by atoms with van der Waals surface area (Å²) in [5.41, 5.74) is 3.11. The average Bonchev–Trinajstić information content (AvgIpc) is 3.00. The predicted octanol–water partition coefficient (Wildman–Crippen LogP) is 5.33. The molecule has 45 heavy (non-hydrogen) atoms. The Morgan fingerprint density at radius 2 is 1.44 bits per heavy atom. The van der Waals surface area contributed by atoms with Gasteiger partial charge in [-0.15, -0.1) is 0 Å². The monoisotopic (exact) mass is 643 g/mol. The van der Waals surface area contributed by atoms with Crippen molar-refractivity contribution in [1.29, 1.82) is 0 Å². The Morgan fingerprint density at radius 1 is 0.867 bits per heavy atom. The molecule has 2 atom stereocenters. The highest BCUT2D eigenvalue weighted by molar-refractivity contribution is 7.85. The second kappa shape index (κ2) is 15.0. The number of hydrogen-bond acceptors (Lipinski definition) is 9. The van der Waals surface area contributed by atoms with Gasteiger partial charge in [0, 0.05) is 18.4 Å². The number of benzene rings is 3. The third-order valence-corrected chi connectivity index (χ3v) is 8.65. The lowest BCUT2D eigenvalue weighted by Gasteiger charge is -2.46. The van der Waals surface area contributed by atoms with Crippen LogP contribution in [0.15, 0.2) is 65.6 Å². The molecule has 0 unspecified atom stereocenters. The van der Waals surface area contributed by atoms with Crippen molar-refractivity contribution in [3.8, 4) is 23.0 Å². The van der Waals surface area contributed by atoms with Gasteiger partial charge in [0.15, 0.2) is 23.0 Å². The highest BCUT2D eigenvalue weighted by atomic mass is 32.2. The number of carbonyl (C=O) groups is 1. The van der Waals surface area contributed by atoms with Crippen LogP contribution in [-0.2, 0) is 32.5 Å².